The molecule has 1 saturated heterocycles. The van der Waals surface area contributed by atoms with Crippen molar-refractivity contribution in [2.45, 2.75) is 38.8 Å². The Hall–Kier alpha value is -3.16. The van der Waals surface area contributed by atoms with Crippen LogP contribution in [0.1, 0.15) is 45.5 Å². The predicted octanol–water partition coefficient (Wildman–Crippen LogP) is 6.12. The Labute approximate surface area is 218 Å². The maximum absolute atomic E-state index is 14.1. The Morgan fingerprint density at radius 3 is 2.67 bits per heavy atom. The number of ether oxygens (including phenoxy) is 2. The number of hydrogen-bond donors (Lipinski definition) is 0. The second kappa shape index (κ2) is 10.8. The van der Waals surface area contributed by atoms with Gasteiger partial charge in [-0.3, -0.25) is 4.90 Å². The van der Waals surface area contributed by atoms with Crippen LogP contribution in [0.15, 0.2) is 54.6 Å². The lowest BCUT2D eigenvalue weighted by molar-refractivity contribution is 0.197. The molecule has 4 aromatic rings. The average molecular weight is 511 g/mol. The Bertz CT molecular complexity index is 1430. The molecular weight excluding hydrogens is 479 g/mol. The van der Waals surface area contributed by atoms with E-state index in [9.17, 15) is 4.39 Å². The van der Waals surface area contributed by atoms with Crippen LogP contribution in [-0.2, 0) is 20.2 Å². The van der Waals surface area contributed by atoms with E-state index in [-0.39, 0.29) is 6.61 Å². The van der Waals surface area contributed by atoms with Gasteiger partial charge in [-0.1, -0.05) is 29.8 Å². The molecule has 0 atom stereocenters. The number of pyridine rings is 1. The monoisotopic (exact) mass is 510 g/mol. The molecule has 0 aliphatic carbocycles. The minimum Gasteiger partial charge on any atom is -0.492 e. The fourth-order valence-electron chi connectivity index (χ4n) is 4.69. The van der Waals surface area contributed by atoms with Crippen molar-refractivity contribution < 1.29 is 16.6 Å². The van der Waals surface area contributed by atoms with Crippen LogP contribution in [-0.4, -0.2) is 39.1 Å². The number of rotatable bonds is 8. The van der Waals surface area contributed by atoms with Gasteiger partial charge < -0.3 is 14.0 Å². The van der Waals surface area contributed by atoms with Crippen molar-refractivity contribution in [2.24, 2.45) is 7.05 Å². The first-order chi connectivity index (χ1) is 18.2. The maximum Gasteiger partial charge on any atom is 0.213 e. The average Bonchev–Trinajstić information content (AvgIpc) is 3.19. The van der Waals surface area contributed by atoms with Crippen molar-refractivity contribution in [3.05, 3.63) is 82.5 Å². The normalized spacial score (nSPS) is 16.1. The molecule has 36 heavy (non-hydrogen) atoms. The van der Waals surface area contributed by atoms with E-state index >= 15 is 0 Å². The molecule has 2 aromatic carbocycles. The SMILES string of the molecule is [2H]C([2H])(C)Oc1cccc2c1nc(CN1CCC(c3cccc(OCc4ccc(Cl)cc4F)n3)CC1)n2C. The molecule has 6 nitrogen and oxygen atoms in total. The lowest BCUT2D eigenvalue weighted by atomic mass is 9.93. The predicted molar refractivity (Wildman–Crippen MR) is 139 cm³/mol. The smallest absolute Gasteiger partial charge is 0.213 e. The first-order valence-corrected chi connectivity index (χ1v) is 12.4. The molecule has 3 heterocycles. The summed E-state index contributed by atoms with van der Waals surface area (Å²) in [6, 6.07) is 15.9. The van der Waals surface area contributed by atoms with Crippen molar-refractivity contribution in [2.75, 3.05) is 19.6 Å². The number of aryl methyl sites for hydroxylation is 1. The minimum atomic E-state index is -1.78. The second-order valence-electron chi connectivity index (χ2n) is 8.99. The highest BCUT2D eigenvalue weighted by molar-refractivity contribution is 6.30. The van der Waals surface area contributed by atoms with Gasteiger partial charge in [-0.05, 0) is 63.2 Å². The molecule has 0 radical (unpaired) electrons. The zero-order chi connectivity index (χ0) is 26.9. The van der Waals surface area contributed by atoms with Crippen molar-refractivity contribution in [1.82, 2.24) is 19.4 Å². The van der Waals surface area contributed by atoms with E-state index in [2.05, 4.69) is 4.90 Å². The topological polar surface area (TPSA) is 52.4 Å². The van der Waals surface area contributed by atoms with Crippen LogP contribution in [0, 0.1) is 5.82 Å². The van der Waals surface area contributed by atoms with Gasteiger partial charge >= 0.3 is 0 Å². The van der Waals surface area contributed by atoms with Gasteiger partial charge in [0.1, 0.15) is 29.5 Å². The van der Waals surface area contributed by atoms with Crippen molar-refractivity contribution >= 4 is 22.6 Å². The molecule has 0 saturated carbocycles. The van der Waals surface area contributed by atoms with Crippen LogP contribution in [0.25, 0.3) is 11.0 Å². The number of fused-ring (bicyclic) bond motifs is 1. The molecule has 8 heteroatoms. The van der Waals surface area contributed by atoms with E-state index in [1.54, 1.807) is 24.3 Å². The molecular formula is C28H30ClFN4O2. The van der Waals surface area contributed by atoms with Gasteiger partial charge in [0.15, 0.2) is 0 Å². The van der Waals surface area contributed by atoms with E-state index < -0.39 is 12.4 Å². The Balaban J connectivity index is 1.20. The lowest BCUT2D eigenvalue weighted by Gasteiger charge is -2.31. The third kappa shape index (κ3) is 5.32. The summed E-state index contributed by atoms with van der Waals surface area (Å²) in [5.41, 5.74) is 3.00. The van der Waals surface area contributed by atoms with Gasteiger partial charge in [-0.2, -0.15) is 0 Å². The van der Waals surface area contributed by atoms with Crippen LogP contribution < -0.4 is 9.47 Å². The molecule has 2 aromatic heterocycles. The van der Waals surface area contributed by atoms with E-state index in [4.69, 9.17) is 33.8 Å². The van der Waals surface area contributed by atoms with Crippen LogP contribution >= 0.6 is 11.6 Å². The summed E-state index contributed by atoms with van der Waals surface area (Å²) in [5, 5.41) is 0.355. The zero-order valence-electron chi connectivity index (χ0n) is 22.4. The third-order valence-corrected chi connectivity index (χ3v) is 6.92. The van der Waals surface area contributed by atoms with E-state index in [0.29, 0.717) is 40.2 Å². The number of halogens is 2. The summed E-state index contributed by atoms with van der Waals surface area (Å²) in [6.07, 6.45) is 1.91. The van der Waals surface area contributed by atoms with Crippen LogP contribution in [0.2, 0.25) is 5.02 Å². The first kappa shape index (κ1) is 22.1. The number of likely N-dealkylation sites (tertiary alicyclic amines) is 1. The molecule has 1 fully saturated rings. The summed E-state index contributed by atoms with van der Waals surface area (Å²) in [4.78, 5) is 11.9. The fourth-order valence-corrected chi connectivity index (χ4v) is 4.85. The number of aromatic nitrogens is 3. The minimum absolute atomic E-state index is 0.0888. The molecule has 0 spiro atoms. The summed E-state index contributed by atoms with van der Waals surface area (Å²) in [7, 11) is 1.98. The van der Waals surface area contributed by atoms with Gasteiger partial charge in [0.2, 0.25) is 5.88 Å². The number of hydrogen-bond acceptors (Lipinski definition) is 5. The molecule has 0 amide bonds. The van der Waals surface area contributed by atoms with E-state index in [1.165, 1.54) is 13.0 Å². The third-order valence-electron chi connectivity index (χ3n) is 6.69. The summed E-state index contributed by atoms with van der Waals surface area (Å²) >= 11 is 5.83. The maximum atomic E-state index is 14.1. The molecule has 188 valence electrons. The van der Waals surface area contributed by atoms with Crippen molar-refractivity contribution in [3.8, 4) is 11.6 Å². The lowest BCUT2D eigenvalue weighted by Crippen LogP contribution is -2.33. The quantitative estimate of drug-likeness (QED) is 0.286. The van der Waals surface area contributed by atoms with Gasteiger partial charge in [-0.15, -0.1) is 0 Å². The summed E-state index contributed by atoms with van der Waals surface area (Å²) in [6.45, 7) is 2.19. The van der Waals surface area contributed by atoms with Crippen LogP contribution in [0.4, 0.5) is 4.39 Å². The Morgan fingerprint density at radius 2 is 1.89 bits per heavy atom. The highest BCUT2D eigenvalue weighted by Crippen LogP contribution is 2.30. The molecule has 1 aliphatic rings. The number of piperidine rings is 1. The number of benzene rings is 2. The summed E-state index contributed by atoms with van der Waals surface area (Å²) in [5.74, 6) is 1.76. The van der Waals surface area contributed by atoms with Crippen LogP contribution in [0.3, 0.4) is 0 Å². The van der Waals surface area contributed by atoms with Gasteiger partial charge in [0.25, 0.3) is 0 Å². The van der Waals surface area contributed by atoms with Gasteiger partial charge in [0, 0.05) is 35.3 Å². The van der Waals surface area contributed by atoms with Gasteiger partial charge in [0.05, 0.1) is 21.4 Å². The number of para-hydroxylation sites is 1. The second-order valence-corrected chi connectivity index (χ2v) is 9.43. The highest BCUT2D eigenvalue weighted by Gasteiger charge is 2.23. The molecule has 0 N–H and O–H groups in total. The number of imidazole rings is 1. The Kier molecular flexibility index (Phi) is 6.65. The van der Waals surface area contributed by atoms with Crippen LogP contribution in [0.5, 0.6) is 11.6 Å². The standard InChI is InChI=1S/C28H30ClFN4O2/c1-3-35-25-8-5-7-24-28(25)32-26(33(24)2)17-34-14-12-19(13-15-34)23-6-4-9-27(31-23)36-18-20-10-11-21(29)16-22(20)30/h4-11,16,19H,3,12-15,17-18H2,1-2H3/i3D2. The van der Waals surface area contributed by atoms with Crippen molar-refractivity contribution in [3.63, 3.8) is 0 Å². The first-order valence-electron chi connectivity index (χ1n) is 13.1. The molecule has 0 bridgehead atoms. The van der Waals surface area contributed by atoms with Gasteiger partial charge in [-0.25, -0.2) is 14.4 Å². The van der Waals surface area contributed by atoms with Crippen molar-refractivity contribution in [1.29, 1.82) is 0 Å². The fraction of sp³-hybridized carbons (Fsp3) is 0.357. The Morgan fingerprint density at radius 1 is 1.08 bits per heavy atom. The van der Waals surface area contributed by atoms with E-state index in [1.807, 2.05) is 35.9 Å². The highest BCUT2D eigenvalue weighted by atomic mass is 35.5. The molecule has 5 rings (SSSR count). The zero-order valence-corrected chi connectivity index (χ0v) is 21.1. The van der Waals surface area contributed by atoms with E-state index in [0.717, 1.165) is 43.0 Å². The molecule has 1 aliphatic heterocycles. The molecule has 0 unspecified atom stereocenters. The summed E-state index contributed by atoms with van der Waals surface area (Å²) < 4.78 is 42.9. The largest absolute Gasteiger partial charge is 0.492 e. The number of nitrogens with zero attached hydrogens (tertiary/aromatic N) is 4.